The van der Waals surface area contributed by atoms with Gasteiger partial charge in [0.15, 0.2) is 0 Å². The van der Waals surface area contributed by atoms with Crippen LogP contribution in [-0.2, 0) is 9.53 Å². The summed E-state index contributed by atoms with van der Waals surface area (Å²) in [6.07, 6.45) is 0. The van der Waals surface area contributed by atoms with Crippen LogP contribution in [0.25, 0.3) is 0 Å². The Labute approximate surface area is 187 Å². The molecular weight excluding hydrogens is 427 g/mol. The summed E-state index contributed by atoms with van der Waals surface area (Å²) in [6.45, 7) is 9.31. The third kappa shape index (κ3) is 4.91. The van der Waals surface area contributed by atoms with E-state index >= 15 is 0 Å². The molecule has 1 aromatic carbocycles. The highest BCUT2D eigenvalue weighted by Gasteiger charge is 2.38. The van der Waals surface area contributed by atoms with Crippen LogP contribution in [0.2, 0.25) is 10.0 Å². The Kier molecular flexibility index (Phi) is 7.63. The number of benzene rings is 1. The van der Waals surface area contributed by atoms with E-state index < -0.39 is 12.0 Å². The van der Waals surface area contributed by atoms with Crippen LogP contribution < -0.4 is 5.32 Å². The van der Waals surface area contributed by atoms with Crippen molar-refractivity contribution in [2.45, 2.75) is 19.9 Å². The van der Waals surface area contributed by atoms with Crippen molar-refractivity contribution in [2.24, 2.45) is 0 Å². The Morgan fingerprint density at radius 2 is 1.83 bits per heavy atom. The molecule has 0 aliphatic carbocycles. The normalized spacial score (nSPS) is 21.0. The maximum atomic E-state index is 13.0. The fourth-order valence-electron chi connectivity index (χ4n) is 3.84. The van der Waals surface area contributed by atoms with Gasteiger partial charge in [0.25, 0.3) is 0 Å². The molecule has 2 aliphatic rings. The summed E-state index contributed by atoms with van der Waals surface area (Å²) in [4.78, 5) is 31.9. The van der Waals surface area contributed by atoms with Gasteiger partial charge in [0, 0.05) is 55.5 Å². The van der Waals surface area contributed by atoms with Crippen LogP contribution in [0.4, 0.5) is 4.79 Å². The molecule has 9 heteroatoms. The van der Waals surface area contributed by atoms with Crippen molar-refractivity contribution in [2.75, 3.05) is 52.9 Å². The van der Waals surface area contributed by atoms with Crippen molar-refractivity contribution in [1.29, 1.82) is 0 Å². The van der Waals surface area contributed by atoms with E-state index in [0.29, 0.717) is 33.4 Å². The maximum Gasteiger partial charge on any atom is 0.338 e. The van der Waals surface area contributed by atoms with Crippen molar-refractivity contribution < 1.29 is 14.3 Å². The second kappa shape index (κ2) is 10.0. The van der Waals surface area contributed by atoms with Crippen molar-refractivity contribution in [3.63, 3.8) is 0 Å². The number of rotatable bonds is 6. The van der Waals surface area contributed by atoms with Gasteiger partial charge in [0.05, 0.1) is 18.2 Å². The molecule has 0 spiro atoms. The number of urea groups is 1. The lowest BCUT2D eigenvalue weighted by Gasteiger charge is -2.39. The average Bonchev–Trinajstić information content (AvgIpc) is 2.72. The summed E-state index contributed by atoms with van der Waals surface area (Å²) in [5.74, 6) is -0.456. The summed E-state index contributed by atoms with van der Waals surface area (Å²) in [5.41, 5.74) is 1.65. The Balaban J connectivity index is 2.01. The molecule has 0 unspecified atom stereocenters. The molecule has 2 aliphatic heterocycles. The lowest BCUT2D eigenvalue weighted by atomic mass is 9.94. The average molecular weight is 455 g/mol. The first-order chi connectivity index (χ1) is 14.3. The Morgan fingerprint density at radius 3 is 2.43 bits per heavy atom. The lowest BCUT2D eigenvalue weighted by molar-refractivity contribution is -0.139. The molecule has 164 valence electrons. The largest absolute Gasteiger partial charge is 0.463 e. The maximum absolute atomic E-state index is 13.0. The second-order valence-electron chi connectivity index (χ2n) is 7.40. The highest BCUT2D eigenvalue weighted by Crippen LogP contribution is 2.36. The molecule has 0 aromatic heterocycles. The fourth-order valence-corrected chi connectivity index (χ4v) is 4.36. The first kappa shape index (κ1) is 22.9. The van der Waals surface area contributed by atoms with Crippen molar-refractivity contribution in [1.82, 2.24) is 20.0 Å². The smallest absolute Gasteiger partial charge is 0.338 e. The van der Waals surface area contributed by atoms with Crippen LogP contribution in [0.5, 0.6) is 0 Å². The van der Waals surface area contributed by atoms with E-state index in [2.05, 4.69) is 22.0 Å². The topological polar surface area (TPSA) is 65.1 Å². The van der Waals surface area contributed by atoms with Gasteiger partial charge in [-0.1, -0.05) is 36.2 Å². The standard InChI is InChI=1S/C21H28Cl2N4O3/c1-4-26-8-10-27(11-9-26)13-17-18(20(28)30-5-2)19(24-21(29)25(17)3)15-7-6-14(22)12-16(15)23/h6-7,12,19H,4-5,8-11,13H2,1-3H3,(H,24,29)/t19-/m1/s1. The van der Waals surface area contributed by atoms with Crippen LogP contribution in [0, 0.1) is 0 Å². The number of hydrogen-bond acceptors (Lipinski definition) is 5. The molecule has 0 saturated carbocycles. The van der Waals surface area contributed by atoms with Gasteiger partial charge in [-0.3, -0.25) is 9.80 Å². The van der Waals surface area contributed by atoms with Gasteiger partial charge in [-0.05, 0) is 31.2 Å². The highest BCUT2D eigenvalue weighted by molar-refractivity contribution is 6.35. The van der Waals surface area contributed by atoms with Crippen molar-refractivity contribution in [3.05, 3.63) is 45.1 Å². The molecule has 0 radical (unpaired) electrons. The molecule has 2 heterocycles. The van der Waals surface area contributed by atoms with Gasteiger partial charge < -0.3 is 15.0 Å². The minimum absolute atomic E-state index is 0.240. The summed E-state index contributed by atoms with van der Waals surface area (Å²) in [7, 11) is 1.67. The zero-order valence-electron chi connectivity index (χ0n) is 17.6. The number of nitrogens with zero attached hydrogens (tertiary/aromatic N) is 3. The van der Waals surface area contributed by atoms with E-state index in [1.807, 2.05) is 0 Å². The quantitative estimate of drug-likeness (QED) is 0.668. The number of carbonyl (C=O) groups is 2. The number of nitrogens with one attached hydrogen (secondary N) is 1. The lowest BCUT2D eigenvalue weighted by Crippen LogP contribution is -2.52. The van der Waals surface area contributed by atoms with Gasteiger partial charge in [0.2, 0.25) is 0 Å². The minimum Gasteiger partial charge on any atom is -0.463 e. The van der Waals surface area contributed by atoms with E-state index in [9.17, 15) is 9.59 Å². The number of hydrogen-bond donors (Lipinski definition) is 1. The van der Waals surface area contributed by atoms with Gasteiger partial charge in [-0.15, -0.1) is 0 Å². The van der Waals surface area contributed by atoms with Crippen LogP contribution in [-0.4, -0.2) is 79.6 Å². The molecule has 1 fully saturated rings. The zero-order chi connectivity index (χ0) is 21.8. The molecular formula is C21H28Cl2N4O3. The number of piperazine rings is 1. The SMILES string of the molecule is CCOC(=O)C1=C(CN2CCN(CC)CC2)N(C)C(=O)N[C@@H]1c1ccc(Cl)cc1Cl. The number of halogens is 2. The predicted molar refractivity (Wildman–Crippen MR) is 118 cm³/mol. The number of likely N-dealkylation sites (N-methyl/N-ethyl adjacent to an activating group) is 2. The molecule has 30 heavy (non-hydrogen) atoms. The summed E-state index contributed by atoms with van der Waals surface area (Å²) < 4.78 is 5.36. The first-order valence-electron chi connectivity index (χ1n) is 10.2. The third-order valence-electron chi connectivity index (χ3n) is 5.63. The zero-order valence-corrected chi connectivity index (χ0v) is 19.1. The summed E-state index contributed by atoms with van der Waals surface area (Å²) >= 11 is 12.5. The molecule has 0 bridgehead atoms. The molecule has 2 amide bonds. The van der Waals surface area contributed by atoms with Crippen molar-refractivity contribution >= 4 is 35.2 Å². The summed E-state index contributed by atoms with van der Waals surface area (Å²) in [5, 5.41) is 3.76. The Morgan fingerprint density at radius 1 is 1.17 bits per heavy atom. The molecule has 7 nitrogen and oxygen atoms in total. The highest BCUT2D eigenvalue weighted by atomic mass is 35.5. The van der Waals surface area contributed by atoms with E-state index in [4.69, 9.17) is 27.9 Å². The van der Waals surface area contributed by atoms with Crippen LogP contribution >= 0.6 is 23.2 Å². The number of ether oxygens (including phenoxy) is 1. The van der Waals surface area contributed by atoms with Gasteiger partial charge >= 0.3 is 12.0 Å². The van der Waals surface area contributed by atoms with E-state index in [1.54, 1.807) is 32.2 Å². The molecule has 1 saturated heterocycles. The Hall–Kier alpha value is -1.80. The van der Waals surface area contributed by atoms with E-state index in [-0.39, 0.29) is 12.6 Å². The molecule has 1 aromatic rings. The first-order valence-corrected chi connectivity index (χ1v) is 10.9. The number of carbonyl (C=O) groups excluding carboxylic acids is 2. The van der Waals surface area contributed by atoms with Crippen LogP contribution in [0.15, 0.2) is 29.5 Å². The summed E-state index contributed by atoms with van der Waals surface area (Å²) in [6, 6.07) is 4.04. The van der Waals surface area contributed by atoms with E-state index in [0.717, 1.165) is 32.7 Å². The fraction of sp³-hybridized carbons (Fsp3) is 0.524. The number of esters is 1. The van der Waals surface area contributed by atoms with Gasteiger partial charge in [0.1, 0.15) is 0 Å². The minimum atomic E-state index is -0.704. The molecule has 1 atom stereocenters. The number of amides is 2. The monoisotopic (exact) mass is 454 g/mol. The van der Waals surface area contributed by atoms with Crippen molar-refractivity contribution in [3.8, 4) is 0 Å². The van der Waals surface area contributed by atoms with Gasteiger partial charge in [-0.25, -0.2) is 9.59 Å². The van der Waals surface area contributed by atoms with Crippen LogP contribution in [0.3, 0.4) is 0 Å². The van der Waals surface area contributed by atoms with Crippen LogP contribution in [0.1, 0.15) is 25.5 Å². The van der Waals surface area contributed by atoms with E-state index in [1.165, 1.54) is 4.90 Å². The molecule has 1 N–H and O–H groups in total. The van der Waals surface area contributed by atoms with Gasteiger partial charge in [-0.2, -0.15) is 0 Å². The Bertz CT molecular complexity index is 838. The third-order valence-corrected chi connectivity index (χ3v) is 6.19. The second-order valence-corrected chi connectivity index (χ2v) is 8.24. The predicted octanol–water partition coefficient (Wildman–Crippen LogP) is 3.14. The molecule has 3 rings (SSSR count).